The highest BCUT2D eigenvalue weighted by molar-refractivity contribution is 5.98. The highest BCUT2D eigenvalue weighted by Gasteiger charge is 2.17. The van der Waals surface area contributed by atoms with Crippen LogP contribution in [0.2, 0.25) is 0 Å². The number of carbonyl (C=O) groups excluding carboxylic acids is 2. The van der Waals surface area contributed by atoms with Crippen molar-refractivity contribution in [1.82, 2.24) is 24.9 Å². The zero-order valence-electron chi connectivity index (χ0n) is 18.7. The van der Waals surface area contributed by atoms with Crippen molar-refractivity contribution in [2.45, 2.75) is 33.2 Å². The van der Waals surface area contributed by atoms with E-state index in [1.807, 2.05) is 13.8 Å². The number of pyridine rings is 1. The van der Waals surface area contributed by atoms with Crippen LogP contribution in [-0.4, -0.2) is 31.4 Å². The molecule has 3 aromatic heterocycles. The summed E-state index contributed by atoms with van der Waals surface area (Å²) >= 11 is 0. The Balaban J connectivity index is 1.36. The van der Waals surface area contributed by atoms with Gasteiger partial charge in [-0.05, 0) is 61.7 Å². The van der Waals surface area contributed by atoms with Crippen LogP contribution >= 0.6 is 0 Å². The average Bonchev–Trinajstić information content (AvgIpc) is 3.23. The molecule has 0 unspecified atom stereocenters. The SMILES string of the molecule is Cc1nc2c(C(N)=O)cnn2c(C)c1CCC(=O)NCc1ccnc(Oc2ccc(F)cc2)c1. The van der Waals surface area contributed by atoms with Crippen LogP contribution in [0.25, 0.3) is 5.65 Å². The molecule has 0 fully saturated rings. The second kappa shape index (κ2) is 9.65. The third-order valence-corrected chi connectivity index (χ3v) is 5.40. The van der Waals surface area contributed by atoms with Gasteiger partial charge in [0.25, 0.3) is 5.91 Å². The lowest BCUT2D eigenvalue weighted by Crippen LogP contribution is -2.23. The number of nitrogens with zero attached hydrogens (tertiary/aromatic N) is 4. The van der Waals surface area contributed by atoms with Crippen molar-refractivity contribution in [1.29, 1.82) is 0 Å². The number of carbonyl (C=O) groups is 2. The van der Waals surface area contributed by atoms with E-state index in [-0.39, 0.29) is 23.7 Å². The summed E-state index contributed by atoms with van der Waals surface area (Å²) in [6, 6.07) is 9.12. The number of amides is 2. The number of nitrogens with two attached hydrogens (primary N) is 1. The Labute approximate surface area is 194 Å². The van der Waals surface area contributed by atoms with Crippen molar-refractivity contribution in [3.05, 3.63) is 82.7 Å². The molecule has 0 spiro atoms. The Kier molecular flexibility index (Phi) is 6.48. The summed E-state index contributed by atoms with van der Waals surface area (Å²) < 4.78 is 20.2. The zero-order chi connectivity index (χ0) is 24.2. The van der Waals surface area contributed by atoms with Gasteiger partial charge in [-0.2, -0.15) is 5.10 Å². The monoisotopic (exact) mass is 462 g/mol. The van der Waals surface area contributed by atoms with Gasteiger partial charge in [-0.3, -0.25) is 9.59 Å². The highest BCUT2D eigenvalue weighted by atomic mass is 19.1. The van der Waals surface area contributed by atoms with E-state index in [1.54, 1.807) is 22.8 Å². The Hall–Kier alpha value is -4.34. The summed E-state index contributed by atoms with van der Waals surface area (Å²) in [5, 5.41) is 7.09. The van der Waals surface area contributed by atoms with E-state index in [0.717, 1.165) is 22.5 Å². The van der Waals surface area contributed by atoms with Crippen molar-refractivity contribution < 1.29 is 18.7 Å². The molecule has 174 valence electrons. The van der Waals surface area contributed by atoms with Crippen LogP contribution in [0.5, 0.6) is 11.6 Å². The van der Waals surface area contributed by atoms with Gasteiger partial charge < -0.3 is 15.8 Å². The molecule has 4 aromatic rings. The number of benzene rings is 1. The predicted molar refractivity (Wildman–Crippen MR) is 122 cm³/mol. The number of fused-ring (bicyclic) bond motifs is 1. The number of hydrogen-bond acceptors (Lipinski definition) is 6. The number of halogens is 1. The molecular weight excluding hydrogens is 439 g/mol. The molecule has 0 radical (unpaired) electrons. The first-order valence-corrected chi connectivity index (χ1v) is 10.6. The first-order valence-electron chi connectivity index (χ1n) is 10.6. The second-order valence-corrected chi connectivity index (χ2v) is 7.75. The molecule has 10 heteroatoms. The molecular formula is C24H23FN6O3. The van der Waals surface area contributed by atoms with E-state index in [9.17, 15) is 14.0 Å². The van der Waals surface area contributed by atoms with Crippen LogP contribution in [0.15, 0.2) is 48.8 Å². The zero-order valence-corrected chi connectivity index (χ0v) is 18.7. The Morgan fingerprint density at radius 1 is 1.18 bits per heavy atom. The smallest absolute Gasteiger partial charge is 0.254 e. The van der Waals surface area contributed by atoms with Gasteiger partial charge in [0, 0.05) is 36.6 Å². The van der Waals surface area contributed by atoms with E-state index in [2.05, 4.69) is 20.4 Å². The molecule has 0 aliphatic carbocycles. The quantitative estimate of drug-likeness (QED) is 0.415. The number of primary amides is 1. The van der Waals surface area contributed by atoms with Gasteiger partial charge in [-0.25, -0.2) is 18.9 Å². The van der Waals surface area contributed by atoms with Crippen LogP contribution in [0.3, 0.4) is 0 Å². The van der Waals surface area contributed by atoms with Gasteiger partial charge in [0.05, 0.1) is 6.20 Å². The molecule has 3 N–H and O–H groups in total. The van der Waals surface area contributed by atoms with Crippen molar-refractivity contribution in [2.75, 3.05) is 0 Å². The average molecular weight is 462 g/mol. The summed E-state index contributed by atoms with van der Waals surface area (Å²) in [4.78, 5) is 32.7. The molecule has 3 heterocycles. The number of aryl methyl sites for hydroxylation is 2. The van der Waals surface area contributed by atoms with Crippen LogP contribution in [0.4, 0.5) is 4.39 Å². The summed E-state index contributed by atoms with van der Waals surface area (Å²) in [5.41, 5.74) is 9.28. The third kappa shape index (κ3) is 5.01. The van der Waals surface area contributed by atoms with Crippen LogP contribution in [0.1, 0.15) is 39.3 Å². The molecule has 0 saturated carbocycles. The van der Waals surface area contributed by atoms with Crippen molar-refractivity contribution >= 4 is 17.5 Å². The minimum absolute atomic E-state index is 0.130. The van der Waals surface area contributed by atoms with Crippen molar-refractivity contribution in [2.24, 2.45) is 5.73 Å². The molecule has 1 aromatic carbocycles. The summed E-state index contributed by atoms with van der Waals surface area (Å²) in [6.45, 7) is 4.00. The molecule has 0 aliphatic heterocycles. The molecule has 0 atom stereocenters. The van der Waals surface area contributed by atoms with E-state index < -0.39 is 5.91 Å². The van der Waals surface area contributed by atoms with Crippen LogP contribution < -0.4 is 15.8 Å². The minimum atomic E-state index is -0.587. The van der Waals surface area contributed by atoms with Gasteiger partial charge >= 0.3 is 0 Å². The second-order valence-electron chi connectivity index (χ2n) is 7.75. The van der Waals surface area contributed by atoms with Gasteiger partial charge in [-0.15, -0.1) is 0 Å². The van der Waals surface area contributed by atoms with Gasteiger partial charge in [-0.1, -0.05) is 0 Å². The van der Waals surface area contributed by atoms with Gasteiger partial charge in [0.2, 0.25) is 11.8 Å². The topological polar surface area (TPSA) is 124 Å². The minimum Gasteiger partial charge on any atom is -0.439 e. The van der Waals surface area contributed by atoms with E-state index >= 15 is 0 Å². The fraction of sp³-hybridized carbons (Fsp3) is 0.208. The van der Waals surface area contributed by atoms with E-state index in [0.29, 0.717) is 30.2 Å². The number of hydrogen-bond donors (Lipinski definition) is 2. The van der Waals surface area contributed by atoms with E-state index in [4.69, 9.17) is 10.5 Å². The van der Waals surface area contributed by atoms with E-state index in [1.165, 1.54) is 30.5 Å². The lowest BCUT2D eigenvalue weighted by molar-refractivity contribution is -0.121. The largest absolute Gasteiger partial charge is 0.439 e. The third-order valence-electron chi connectivity index (χ3n) is 5.40. The van der Waals surface area contributed by atoms with Crippen LogP contribution in [-0.2, 0) is 17.8 Å². The highest BCUT2D eigenvalue weighted by Crippen LogP contribution is 2.21. The fourth-order valence-corrected chi connectivity index (χ4v) is 3.61. The maximum absolute atomic E-state index is 13.0. The fourth-order valence-electron chi connectivity index (χ4n) is 3.61. The lowest BCUT2D eigenvalue weighted by Gasteiger charge is -2.12. The Morgan fingerprint density at radius 3 is 2.68 bits per heavy atom. The molecule has 34 heavy (non-hydrogen) atoms. The maximum atomic E-state index is 13.0. The normalized spacial score (nSPS) is 10.9. The van der Waals surface area contributed by atoms with Gasteiger partial charge in [0.15, 0.2) is 5.65 Å². The number of rotatable bonds is 8. The lowest BCUT2D eigenvalue weighted by atomic mass is 10.1. The van der Waals surface area contributed by atoms with Crippen LogP contribution in [0, 0.1) is 19.7 Å². The molecule has 2 amide bonds. The number of nitrogens with one attached hydrogen (secondary N) is 1. The molecule has 0 bridgehead atoms. The Morgan fingerprint density at radius 2 is 1.94 bits per heavy atom. The summed E-state index contributed by atoms with van der Waals surface area (Å²) in [7, 11) is 0. The van der Waals surface area contributed by atoms with Crippen molar-refractivity contribution in [3.8, 4) is 11.6 Å². The van der Waals surface area contributed by atoms with Gasteiger partial charge in [0.1, 0.15) is 17.1 Å². The predicted octanol–water partition coefficient (Wildman–Crippen LogP) is 3.02. The maximum Gasteiger partial charge on any atom is 0.254 e. The summed E-state index contributed by atoms with van der Waals surface area (Å²) in [5.74, 6) is -0.256. The molecule has 0 aliphatic rings. The Bertz CT molecular complexity index is 1370. The van der Waals surface area contributed by atoms with Crippen molar-refractivity contribution in [3.63, 3.8) is 0 Å². The summed E-state index contributed by atoms with van der Waals surface area (Å²) in [6.07, 6.45) is 3.70. The molecule has 4 rings (SSSR count). The first kappa shape index (κ1) is 22.8. The molecule has 0 saturated heterocycles. The standard InChI is InChI=1S/C24H23FN6O3/c1-14-19(15(2)31-24(30-14)20(13-29-31)23(26)33)7-8-21(32)28-12-16-9-10-27-22(11-16)34-18-5-3-17(25)4-6-18/h3-6,9-11,13H,7-8,12H2,1-2H3,(H2,26,33)(H,28,32). The molecule has 9 nitrogen and oxygen atoms in total. The number of aromatic nitrogens is 4. The first-order chi connectivity index (χ1) is 16.3. The number of ether oxygens (including phenoxy) is 1.